The summed E-state index contributed by atoms with van der Waals surface area (Å²) >= 11 is 0. The van der Waals surface area contributed by atoms with E-state index in [9.17, 15) is 0 Å². The first kappa shape index (κ1) is 14.9. The average molecular weight is 217 g/mol. The Morgan fingerprint density at radius 3 is 2.33 bits per heavy atom. The van der Waals surface area contributed by atoms with Crippen LogP contribution in [-0.2, 0) is 9.47 Å². The number of hydrogen-bond acceptors (Lipinski definition) is 3. The second kappa shape index (κ2) is 10.4. The Morgan fingerprint density at radius 2 is 1.87 bits per heavy atom. The minimum absolute atomic E-state index is 0.635. The molecule has 0 heterocycles. The third-order valence-electron chi connectivity index (χ3n) is 2.78. The van der Waals surface area contributed by atoms with Gasteiger partial charge in [-0.15, -0.1) is 0 Å². The van der Waals surface area contributed by atoms with Crippen LogP contribution in [0.1, 0.15) is 33.6 Å². The molecule has 0 aliphatic carbocycles. The SMILES string of the molecule is CCOCCN(CC)C(CC)CCOC. The molecule has 0 aromatic heterocycles. The largest absolute Gasteiger partial charge is 0.385 e. The molecule has 15 heavy (non-hydrogen) atoms. The van der Waals surface area contributed by atoms with Gasteiger partial charge in [-0.2, -0.15) is 0 Å². The van der Waals surface area contributed by atoms with E-state index in [2.05, 4.69) is 18.7 Å². The highest BCUT2D eigenvalue weighted by molar-refractivity contribution is 4.69. The standard InChI is InChI=1S/C12H27NO2/c1-5-12(8-10-14-4)13(6-2)9-11-15-7-3/h12H,5-11H2,1-4H3. The van der Waals surface area contributed by atoms with Gasteiger partial charge in [0.05, 0.1) is 6.61 Å². The zero-order valence-corrected chi connectivity index (χ0v) is 10.8. The smallest absolute Gasteiger partial charge is 0.0593 e. The summed E-state index contributed by atoms with van der Waals surface area (Å²) in [6.45, 7) is 11.1. The molecule has 0 saturated heterocycles. The van der Waals surface area contributed by atoms with E-state index in [0.717, 1.165) is 39.3 Å². The summed E-state index contributed by atoms with van der Waals surface area (Å²) in [5.74, 6) is 0. The monoisotopic (exact) mass is 217 g/mol. The van der Waals surface area contributed by atoms with E-state index in [-0.39, 0.29) is 0 Å². The summed E-state index contributed by atoms with van der Waals surface area (Å²) in [6.07, 6.45) is 2.30. The highest BCUT2D eigenvalue weighted by Crippen LogP contribution is 2.08. The number of likely N-dealkylation sites (N-methyl/N-ethyl adjacent to an activating group) is 1. The van der Waals surface area contributed by atoms with Crippen molar-refractivity contribution < 1.29 is 9.47 Å². The molecule has 3 nitrogen and oxygen atoms in total. The first-order chi connectivity index (χ1) is 7.29. The van der Waals surface area contributed by atoms with Crippen molar-refractivity contribution in [3.05, 3.63) is 0 Å². The lowest BCUT2D eigenvalue weighted by Crippen LogP contribution is -2.38. The zero-order valence-electron chi connectivity index (χ0n) is 10.8. The first-order valence-corrected chi connectivity index (χ1v) is 6.10. The van der Waals surface area contributed by atoms with Gasteiger partial charge in [0.1, 0.15) is 0 Å². The van der Waals surface area contributed by atoms with Gasteiger partial charge in [0, 0.05) is 32.9 Å². The molecule has 1 unspecified atom stereocenters. The van der Waals surface area contributed by atoms with E-state index in [1.165, 1.54) is 6.42 Å². The van der Waals surface area contributed by atoms with Gasteiger partial charge < -0.3 is 9.47 Å². The average Bonchev–Trinajstić information content (AvgIpc) is 2.27. The highest BCUT2D eigenvalue weighted by Gasteiger charge is 2.14. The Hall–Kier alpha value is -0.120. The lowest BCUT2D eigenvalue weighted by atomic mass is 10.1. The van der Waals surface area contributed by atoms with Crippen molar-refractivity contribution in [2.75, 3.05) is 40.0 Å². The van der Waals surface area contributed by atoms with Gasteiger partial charge in [0.2, 0.25) is 0 Å². The minimum atomic E-state index is 0.635. The number of rotatable bonds is 10. The number of ether oxygens (including phenoxy) is 2. The summed E-state index contributed by atoms with van der Waals surface area (Å²) < 4.78 is 10.5. The van der Waals surface area contributed by atoms with Gasteiger partial charge in [-0.1, -0.05) is 13.8 Å². The van der Waals surface area contributed by atoms with Crippen LogP contribution < -0.4 is 0 Å². The summed E-state index contributed by atoms with van der Waals surface area (Å²) in [5.41, 5.74) is 0. The molecular formula is C12H27NO2. The van der Waals surface area contributed by atoms with Crippen molar-refractivity contribution in [2.24, 2.45) is 0 Å². The van der Waals surface area contributed by atoms with Crippen LogP contribution in [0, 0.1) is 0 Å². The summed E-state index contributed by atoms with van der Waals surface area (Å²) in [7, 11) is 1.77. The summed E-state index contributed by atoms with van der Waals surface area (Å²) in [5, 5.41) is 0. The van der Waals surface area contributed by atoms with Crippen LogP contribution in [0.5, 0.6) is 0 Å². The fraction of sp³-hybridized carbons (Fsp3) is 1.00. The Bertz CT molecular complexity index is 131. The first-order valence-electron chi connectivity index (χ1n) is 6.10. The third-order valence-corrected chi connectivity index (χ3v) is 2.78. The molecule has 0 amide bonds. The van der Waals surface area contributed by atoms with E-state index in [1.807, 2.05) is 6.92 Å². The van der Waals surface area contributed by atoms with Gasteiger partial charge in [0.25, 0.3) is 0 Å². The summed E-state index contributed by atoms with van der Waals surface area (Å²) in [4.78, 5) is 2.48. The molecule has 3 heteroatoms. The van der Waals surface area contributed by atoms with Crippen LogP contribution >= 0.6 is 0 Å². The van der Waals surface area contributed by atoms with Gasteiger partial charge in [-0.3, -0.25) is 4.90 Å². The quantitative estimate of drug-likeness (QED) is 0.523. The minimum Gasteiger partial charge on any atom is -0.385 e. The van der Waals surface area contributed by atoms with Crippen LogP contribution in [0.25, 0.3) is 0 Å². The van der Waals surface area contributed by atoms with Crippen molar-refractivity contribution in [3.63, 3.8) is 0 Å². The summed E-state index contributed by atoms with van der Waals surface area (Å²) in [6, 6.07) is 0.635. The fourth-order valence-electron chi connectivity index (χ4n) is 1.82. The second-order valence-corrected chi connectivity index (χ2v) is 3.67. The molecular weight excluding hydrogens is 190 g/mol. The Labute approximate surface area is 94.7 Å². The molecule has 92 valence electrons. The Balaban J connectivity index is 3.85. The lowest BCUT2D eigenvalue weighted by molar-refractivity contribution is 0.0813. The number of hydrogen-bond donors (Lipinski definition) is 0. The molecule has 0 rings (SSSR count). The van der Waals surface area contributed by atoms with Crippen molar-refractivity contribution in [3.8, 4) is 0 Å². The predicted molar refractivity (Wildman–Crippen MR) is 64.3 cm³/mol. The number of methoxy groups -OCH3 is 1. The third kappa shape index (κ3) is 6.88. The molecule has 0 spiro atoms. The molecule has 0 aromatic rings. The molecule has 0 N–H and O–H groups in total. The maximum atomic E-state index is 5.39. The second-order valence-electron chi connectivity index (χ2n) is 3.67. The molecule has 0 aromatic carbocycles. The van der Waals surface area contributed by atoms with Crippen LogP contribution in [0.2, 0.25) is 0 Å². The highest BCUT2D eigenvalue weighted by atomic mass is 16.5. The normalized spacial score (nSPS) is 13.4. The maximum absolute atomic E-state index is 5.39. The molecule has 1 atom stereocenters. The van der Waals surface area contributed by atoms with Crippen LogP contribution in [0.4, 0.5) is 0 Å². The van der Waals surface area contributed by atoms with Crippen molar-refractivity contribution in [2.45, 2.75) is 39.7 Å². The van der Waals surface area contributed by atoms with Crippen LogP contribution in [0.15, 0.2) is 0 Å². The molecule has 0 radical (unpaired) electrons. The Morgan fingerprint density at radius 1 is 1.13 bits per heavy atom. The van der Waals surface area contributed by atoms with E-state index < -0.39 is 0 Å². The van der Waals surface area contributed by atoms with Gasteiger partial charge in [0.15, 0.2) is 0 Å². The molecule has 0 aliphatic rings. The topological polar surface area (TPSA) is 21.7 Å². The van der Waals surface area contributed by atoms with E-state index in [0.29, 0.717) is 6.04 Å². The molecule has 0 fully saturated rings. The van der Waals surface area contributed by atoms with E-state index in [4.69, 9.17) is 9.47 Å². The van der Waals surface area contributed by atoms with Gasteiger partial charge >= 0.3 is 0 Å². The van der Waals surface area contributed by atoms with Crippen LogP contribution in [-0.4, -0.2) is 51.0 Å². The Kier molecular flexibility index (Phi) is 10.3. The molecule has 0 bridgehead atoms. The maximum Gasteiger partial charge on any atom is 0.0593 e. The molecule has 0 saturated carbocycles. The zero-order chi connectivity index (χ0) is 11.5. The predicted octanol–water partition coefficient (Wildman–Crippen LogP) is 2.16. The van der Waals surface area contributed by atoms with Crippen molar-refractivity contribution >= 4 is 0 Å². The molecule has 0 aliphatic heterocycles. The fourth-order valence-corrected chi connectivity index (χ4v) is 1.82. The van der Waals surface area contributed by atoms with E-state index in [1.54, 1.807) is 7.11 Å². The van der Waals surface area contributed by atoms with E-state index >= 15 is 0 Å². The van der Waals surface area contributed by atoms with Crippen molar-refractivity contribution in [1.82, 2.24) is 4.90 Å². The van der Waals surface area contributed by atoms with Gasteiger partial charge in [-0.05, 0) is 26.3 Å². The van der Waals surface area contributed by atoms with Crippen LogP contribution in [0.3, 0.4) is 0 Å². The van der Waals surface area contributed by atoms with Crippen molar-refractivity contribution in [1.29, 1.82) is 0 Å². The lowest BCUT2D eigenvalue weighted by Gasteiger charge is -2.29. The number of nitrogens with zero attached hydrogens (tertiary/aromatic N) is 1. The van der Waals surface area contributed by atoms with Gasteiger partial charge in [-0.25, -0.2) is 0 Å².